The van der Waals surface area contributed by atoms with E-state index in [1.807, 2.05) is 24.3 Å². The molecule has 0 spiro atoms. The second-order valence-corrected chi connectivity index (χ2v) is 9.05. The molecule has 1 atom stereocenters. The van der Waals surface area contributed by atoms with Gasteiger partial charge in [-0.05, 0) is 17.9 Å². The van der Waals surface area contributed by atoms with Gasteiger partial charge in [-0.1, -0.05) is 49.3 Å². The van der Waals surface area contributed by atoms with Gasteiger partial charge < -0.3 is 4.52 Å². The van der Waals surface area contributed by atoms with E-state index in [0.717, 1.165) is 11.5 Å². The molecule has 1 unspecified atom stereocenters. The Balaban J connectivity index is 1.78. The van der Waals surface area contributed by atoms with Crippen molar-refractivity contribution in [2.24, 2.45) is 0 Å². The van der Waals surface area contributed by atoms with Gasteiger partial charge in [0.05, 0.1) is 23.7 Å². The van der Waals surface area contributed by atoms with Crippen molar-refractivity contribution in [2.45, 2.75) is 45.3 Å². The number of aromatic nitrogens is 1. The molecular formula is C18H24N2O3S. The van der Waals surface area contributed by atoms with Crippen LogP contribution in [-0.2, 0) is 22.9 Å². The van der Waals surface area contributed by atoms with Gasteiger partial charge >= 0.3 is 0 Å². The molecule has 0 radical (unpaired) electrons. The van der Waals surface area contributed by atoms with Gasteiger partial charge in [0.1, 0.15) is 0 Å². The van der Waals surface area contributed by atoms with Crippen molar-refractivity contribution in [3.8, 4) is 0 Å². The monoisotopic (exact) mass is 348 g/mol. The molecule has 130 valence electrons. The first-order chi connectivity index (χ1) is 11.4. The molecule has 0 saturated carbocycles. The Morgan fingerprint density at radius 2 is 2.00 bits per heavy atom. The van der Waals surface area contributed by atoms with Gasteiger partial charge in [-0.25, -0.2) is 8.42 Å². The molecule has 1 aliphatic rings. The Kier molecular flexibility index (Phi) is 5.06. The fourth-order valence-electron chi connectivity index (χ4n) is 3.07. The first-order valence-corrected chi connectivity index (χ1v) is 10.2. The van der Waals surface area contributed by atoms with Gasteiger partial charge in [-0.2, -0.15) is 0 Å². The lowest BCUT2D eigenvalue weighted by Gasteiger charge is -2.27. The summed E-state index contributed by atoms with van der Waals surface area (Å²) in [4.78, 5) is 2.20. The highest BCUT2D eigenvalue weighted by molar-refractivity contribution is 7.91. The number of benzene rings is 1. The maximum absolute atomic E-state index is 11.9. The van der Waals surface area contributed by atoms with Gasteiger partial charge in [0.2, 0.25) is 0 Å². The summed E-state index contributed by atoms with van der Waals surface area (Å²) < 4.78 is 29.2. The predicted molar refractivity (Wildman–Crippen MR) is 93.3 cm³/mol. The van der Waals surface area contributed by atoms with Crippen LogP contribution in [0.3, 0.4) is 0 Å². The van der Waals surface area contributed by atoms with Crippen LogP contribution in [0.15, 0.2) is 40.9 Å². The molecule has 0 bridgehead atoms. The van der Waals surface area contributed by atoms with Crippen molar-refractivity contribution in [2.75, 3.05) is 11.5 Å². The summed E-state index contributed by atoms with van der Waals surface area (Å²) >= 11 is 0. The third kappa shape index (κ3) is 4.24. The van der Waals surface area contributed by atoms with Gasteiger partial charge in [0.25, 0.3) is 0 Å². The third-order valence-corrected chi connectivity index (χ3v) is 6.23. The fraction of sp³-hybridized carbons (Fsp3) is 0.500. The number of nitrogens with zero attached hydrogens (tertiary/aromatic N) is 2. The van der Waals surface area contributed by atoms with E-state index in [1.165, 1.54) is 5.56 Å². The molecule has 1 fully saturated rings. The zero-order chi connectivity index (χ0) is 17.2. The standard InChI is InChI=1S/C18H24N2O3S/c1-14(2)18-10-17(23-19-18)12-20(11-15-6-4-3-5-7-15)16-8-9-24(21,22)13-16/h3-7,10,14,16H,8-9,11-13H2,1-2H3. The first-order valence-electron chi connectivity index (χ1n) is 8.37. The van der Waals surface area contributed by atoms with Crippen molar-refractivity contribution in [3.05, 3.63) is 53.4 Å². The lowest BCUT2D eigenvalue weighted by atomic mass is 10.1. The molecule has 0 amide bonds. The van der Waals surface area contributed by atoms with Crippen molar-refractivity contribution in [3.63, 3.8) is 0 Å². The molecule has 0 aliphatic carbocycles. The van der Waals surface area contributed by atoms with E-state index in [-0.39, 0.29) is 17.5 Å². The minimum absolute atomic E-state index is 0.0304. The van der Waals surface area contributed by atoms with Gasteiger partial charge in [0.15, 0.2) is 15.6 Å². The van der Waals surface area contributed by atoms with Crippen LogP contribution in [0.2, 0.25) is 0 Å². The molecule has 0 N–H and O–H groups in total. The topological polar surface area (TPSA) is 63.4 Å². The highest BCUT2D eigenvalue weighted by atomic mass is 32.2. The van der Waals surface area contributed by atoms with Gasteiger partial charge in [0, 0.05) is 18.7 Å². The van der Waals surface area contributed by atoms with Crippen LogP contribution in [0.4, 0.5) is 0 Å². The van der Waals surface area contributed by atoms with Gasteiger partial charge in [-0.15, -0.1) is 0 Å². The van der Waals surface area contributed by atoms with Crippen LogP contribution in [0.5, 0.6) is 0 Å². The quantitative estimate of drug-likeness (QED) is 0.803. The highest BCUT2D eigenvalue weighted by Crippen LogP contribution is 2.23. The minimum atomic E-state index is -2.92. The molecule has 1 aromatic carbocycles. The molecule has 1 aromatic heterocycles. The van der Waals surface area contributed by atoms with Crippen molar-refractivity contribution < 1.29 is 12.9 Å². The Hall–Kier alpha value is -1.66. The smallest absolute Gasteiger partial charge is 0.151 e. The summed E-state index contributed by atoms with van der Waals surface area (Å²) in [6.07, 6.45) is 0.681. The van der Waals surface area contributed by atoms with E-state index in [1.54, 1.807) is 0 Å². The number of rotatable bonds is 6. The highest BCUT2D eigenvalue weighted by Gasteiger charge is 2.32. The van der Waals surface area contributed by atoms with Crippen molar-refractivity contribution in [1.82, 2.24) is 10.1 Å². The predicted octanol–water partition coefficient (Wildman–Crippen LogP) is 2.99. The number of sulfone groups is 1. The zero-order valence-corrected chi connectivity index (χ0v) is 15.0. The van der Waals surface area contributed by atoms with E-state index in [9.17, 15) is 8.42 Å². The van der Waals surface area contributed by atoms with Crippen molar-refractivity contribution in [1.29, 1.82) is 0 Å². The van der Waals surface area contributed by atoms with Crippen LogP contribution < -0.4 is 0 Å². The molecule has 1 saturated heterocycles. The maximum Gasteiger partial charge on any atom is 0.151 e. The van der Waals surface area contributed by atoms with Crippen LogP contribution >= 0.6 is 0 Å². The molecule has 1 aliphatic heterocycles. The lowest BCUT2D eigenvalue weighted by Crippen LogP contribution is -2.35. The third-order valence-electron chi connectivity index (χ3n) is 4.48. The lowest BCUT2D eigenvalue weighted by molar-refractivity contribution is 0.172. The molecule has 24 heavy (non-hydrogen) atoms. The molecule has 6 heteroatoms. The Morgan fingerprint density at radius 1 is 1.25 bits per heavy atom. The minimum Gasteiger partial charge on any atom is -0.360 e. The molecular weight excluding hydrogens is 324 g/mol. The summed E-state index contributed by atoms with van der Waals surface area (Å²) in [5.41, 5.74) is 2.11. The van der Waals surface area contributed by atoms with Crippen LogP contribution in [0.25, 0.3) is 0 Å². The van der Waals surface area contributed by atoms with E-state index in [0.29, 0.717) is 25.4 Å². The Morgan fingerprint density at radius 3 is 2.58 bits per heavy atom. The fourth-order valence-corrected chi connectivity index (χ4v) is 4.83. The van der Waals surface area contributed by atoms with E-state index in [4.69, 9.17) is 4.52 Å². The average molecular weight is 348 g/mol. The second-order valence-electron chi connectivity index (χ2n) is 6.82. The van der Waals surface area contributed by atoms with Crippen LogP contribution in [0, 0.1) is 0 Å². The average Bonchev–Trinajstić information content (AvgIpc) is 3.14. The number of hydrogen-bond donors (Lipinski definition) is 0. The molecule has 5 nitrogen and oxygen atoms in total. The normalized spacial score (nSPS) is 20.1. The van der Waals surface area contributed by atoms with E-state index >= 15 is 0 Å². The SMILES string of the molecule is CC(C)c1cc(CN(Cc2ccccc2)C2CCS(=O)(=O)C2)on1. The van der Waals surface area contributed by atoms with Crippen molar-refractivity contribution >= 4 is 9.84 Å². The molecule has 3 rings (SSSR count). The summed E-state index contributed by atoms with van der Waals surface area (Å²) in [7, 11) is -2.92. The zero-order valence-electron chi connectivity index (χ0n) is 14.2. The molecule has 2 aromatic rings. The van der Waals surface area contributed by atoms with Crippen LogP contribution in [0.1, 0.15) is 43.2 Å². The summed E-state index contributed by atoms with van der Waals surface area (Å²) in [5, 5.41) is 4.11. The second kappa shape index (κ2) is 7.07. The van der Waals surface area contributed by atoms with E-state index < -0.39 is 9.84 Å². The number of hydrogen-bond acceptors (Lipinski definition) is 5. The Bertz CT molecular complexity index is 769. The van der Waals surface area contributed by atoms with Crippen LogP contribution in [-0.4, -0.2) is 36.0 Å². The van der Waals surface area contributed by atoms with E-state index in [2.05, 4.69) is 36.0 Å². The summed E-state index contributed by atoms with van der Waals surface area (Å²) in [6.45, 7) is 5.44. The Labute approximate surface area is 143 Å². The van der Waals surface area contributed by atoms with Gasteiger partial charge in [-0.3, -0.25) is 4.90 Å². The maximum atomic E-state index is 11.9. The largest absolute Gasteiger partial charge is 0.360 e. The molecule has 2 heterocycles. The summed E-state index contributed by atoms with van der Waals surface area (Å²) in [5.74, 6) is 1.61. The summed E-state index contributed by atoms with van der Waals surface area (Å²) in [6, 6.07) is 12.1. The first kappa shape index (κ1) is 17.2.